The Hall–Kier alpha value is -3.52. The molecular weight excluding hydrogens is 458 g/mol. The van der Waals surface area contributed by atoms with Crippen molar-refractivity contribution in [3.8, 4) is 0 Å². The van der Waals surface area contributed by atoms with Crippen LogP contribution in [0.2, 0.25) is 0 Å². The van der Waals surface area contributed by atoms with Crippen molar-refractivity contribution in [3.05, 3.63) is 35.9 Å². The van der Waals surface area contributed by atoms with Gasteiger partial charge in [0.15, 0.2) is 0 Å². The lowest BCUT2D eigenvalue weighted by atomic mass is 9.99. The molecule has 0 aliphatic carbocycles. The van der Waals surface area contributed by atoms with Crippen LogP contribution >= 0.6 is 0 Å². The molecule has 14 heteroatoms. The van der Waals surface area contributed by atoms with Crippen LogP contribution in [-0.2, 0) is 29.5 Å². The lowest BCUT2D eigenvalue weighted by Crippen LogP contribution is -2.71. The molecule has 2 aliphatic heterocycles. The molecule has 6 amide bonds. The molecule has 2 aliphatic rings. The van der Waals surface area contributed by atoms with Crippen molar-refractivity contribution in [2.24, 2.45) is 0 Å². The molecule has 0 aromatic heterocycles. The van der Waals surface area contributed by atoms with Crippen LogP contribution in [0.15, 0.2) is 30.3 Å². The van der Waals surface area contributed by atoms with Crippen LogP contribution in [-0.4, -0.2) is 88.5 Å². The van der Waals surface area contributed by atoms with E-state index in [1.165, 1.54) is 24.0 Å². The average molecular weight is 481 g/mol. The molecule has 3 atom stereocenters. The Morgan fingerprint density at radius 1 is 1.12 bits per heavy atom. The summed E-state index contributed by atoms with van der Waals surface area (Å²) in [6.45, 7) is 3.41. The molecular formula is C19H23N5O8S. The van der Waals surface area contributed by atoms with E-state index >= 15 is 0 Å². The van der Waals surface area contributed by atoms with E-state index in [9.17, 15) is 32.4 Å². The molecule has 3 rings (SSSR count). The molecule has 178 valence electrons. The number of carbonyl (C=O) groups is 5. The fraction of sp³-hybridized carbons (Fsp3) is 0.421. The zero-order valence-electron chi connectivity index (χ0n) is 17.8. The first-order chi connectivity index (χ1) is 15.5. The van der Waals surface area contributed by atoms with E-state index < -0.39 is 58.1 Å². The van der Waals surface area contributed by atoms with Crippen molar-refractivity contribution in [1.82, 2.24) is 24.7 Å². The lowest BCUT2D eigenvalue weighted by Gasteiger charge is -2.42. The number of carbonyl (C=O) groups excluding carboxylic acids is 5. The number of amides is 6. The van der Waals surface area contributed by atoms with Crippen molar-refractivity contribution in [2.75, 3.05) is 19.6 Å². The number of likely N-dealkylation sites (N-methyl/N-ethyl adjacent to an activating group) is 1. The molecule has 0 bridgehead atoms. The maximum Gasteiger partial charge on any atom is 0.362 e. The summed E-state index contributed by atoms with van der Waals surface area (Å²) in [7, 11) is -4.77. The number of imide groups is 1. The van der Waals surface area contributed by atoms with Gasteiger partial charge in [0, 0.05) is 19.6 Å². The minimum Gasteiger partial charge on any atom is -0.340 e. The van der Waals surface area contributed by atoms with Crippen molar-refractivity contribution in [2.45, 2.75) is 32.0 Å². The minimum atomic E-state index is -4.77. The molecule has 33 heavy (non-hydrogen) atoms. The number of nitrogens with one attached hydrogen (secondary N) is 2. The Morgan fingerprint density at radius 2 is 1.76 bits per heavy atom. The number of urea groups is 1. The molecule has 0 saturated carbocycles. The van der Waals surface area contributed by atoms with E-state index in [1.807, 2.05) is 0 Å². The third-order valence-corrected chi connectivity index (χ3v) is 6.49. The number of hydrogen-bond donors (Lipinski definition) is 3. The van der Waals surface area contributed by atoms with Crippen molar-refractivity contribution in [1.29, 1.82) is 0 Å². The Labute approximate surface area is 189 Å². The second-order valence-corrected chi connectivity index (χ2v) is 8.76. The lowest BCUT2D eigenvalue weighted by molar-refractivity contribution is -0.153. The Morgan fingerprint density at radius 3 is 2.30 bits per heavy atom. The van der Waals surface area contributed by atoms with Gasteiger partial charge in [-0.3, -0.25) is 28.6 Å². The van der Waals surface area contributed by atoms with Crippen molar-refractivity contribution >= 4 is 40.0 Å². The molecule has 13 nitrogen and oxygen atoms in total. The third-order valence-electron chi connectivity index (χ3n) is 5.48. The first-order valence-electron chi connectivity index (χ1n) is 10.0. The van der Waals surface area contributed by atoms with Gasteiger partial charge < -0.3 is 15.5 Å². The maximum absolute atomic E-state index is 13.0. The molecule has 2 fully saturated rings. The summed E-state index contributed by atoms with van der Waals surface area (Å²) >= 11 is 0. The van der Waals surface area contributed by atoms with Gasteiger partial charge in [0.05, 0.1) is 6.04 Å². The largest absolute Gasteiger partial charge is 0.362 e. The van der Waals surface area contributed by atoms with Crippen LogP contribution in [0.3, 0.4) is 0 Å². The van der Waals surface area contributed by atoms with Gasteiger partial charge in [0.25, 0.3) is 5.91 Å². The van der Waals surface area contributed by atoms with Gasteiger partial charge >= 0.3 is 28.1 Å². The number of benzene rings is 1. The van der Waals surface area contributed by atoms with Crippen LogP contribution in [0.4, 0.5) is 4.79 Å². The standard InChI is InChI=1S/C19H23N5O8S/c1-3-22-9-10-23(18(28)17(22)27)19(29)21-14(12-7-5-4-6-8-12)15(25)20-13-11(2)24(16(13)26)33(30,31)32/h4-8,11,13-14H,3,9-10H2,1-2H3,(H,20,25)(H,21,29)(H,30,31,32)/t11-,13+,14?/m1/s1. The molecule has 2 saturated heterocycles. The summed E-state index contributed by atoms with van der Waals surface area (Å²) in [6, 6.07) is 3.32. The highest BCUT2D eigenvalue weighted by atomic mass is 32.2. The summed E-state index contributed by atoms with van der Waals surface area (Å²) in [5, 5.41) is 4.76. The zero-order chi connectivity index (χ0) is 24.5. The Balaban J connectivity index is 1.77. The summed E-state index contributed by atoms with van der Waals surface area (Å²) in [4.78, 5) is 64.3. The Bertz CT molecular complexity index is 1090. The second-order valence-electron chi connectivity index (χ2n) is 7.47. The van der Waals surface area contributed by atoms with E-state index in [0.29, 0.717) is 17.0 Å². The van der Waals surface area contributed by atoms with Crippen LogP contribution in [0.25, 0.3) is 0 Å². The fourth-order valence-electron chi connectivity index (χ4n) is 3.66. The number of piperazine rings is 1. The molecule has 1 aromatic rings. The van der Waals surface area contributed by atoms with Crippen molar-refractivity contribution in [3.63, 3.8) is 0 Å². The molecule has 0 spiro atoms. The Kier molecular flexibility index (Phi) is 6.69. The first kappa shape index (κ1) is 24.1. The zero-order valence-corrected chi connectivity index (χ0v) is 18.6. The van der Waals surface area contributed by atoms with Crippen LogP contribution in [0.5, 0.6) is 0 Å². The van der Waals surface area contributed by atoms with Gasteiger partial charge in [-0.1, -0.05) is 30.3 Å². The van der Waals surface area contributed by atoms with Crippen LogP contribution in [0.1, 0.15) is 25.5 Å². The molecule has 1 aromatic carbocycles. The van der Waals surface area contributed by atoms with Gasteiger partial charge in [0.2, 0.25) is 5.91 Å². The summed E-state index contributed by atoms with van der Waals surface area (Å²) in [6.07, 6.45) is 0. The first-order valence-corrected chi connectivity index (χ1v) is 11.4. The molecule has 3 N–H and O–H groups in total. The van der Waals surface area contributed by atoms with E-state index in [-0.39, 0.29) is 17.4 Å². The number of hydrogen-bond acceptors (Lipinski definition) is 7. The van der Waals surface area contributed by atoms with E-state index in [2.05, 4.69) is 10.6 Å². The van der Waals surface area contributed by atoms with Crippen LogP contribution in [0, 0.1) is 0 Å². The van der Waals surface area contributed by atoms with Crippen molar-refractivity contribution < 1.29 is 36.9 Å². The quantitative estimate of drug-likeness (QED) is 0.254. The van der Waals surface area contributed by atoms with E-state index in [4.69, 9.17) is 4.55 Å². The maximum atomic E-state index is 13.0. The highest BCUT2D eigenvalue weighted by Gasteiger charge is 2.52. The highest BCUT2D eigenvalue weighted by molar-refractivity contribution is 7.84. The number of β-lactam (4-membered cyclic amide) rings is 1. The summed E-state index contributed by atoms with van der Waals surface area (Å²) in [5.41, 5.74) is 0.320. The molecule has 1 unspecified atom stereocenters. The van der Waals surface area contributed by atoms with E-state index in [0.717, 1.165) is 0 Å². The minimum absolute atomic E-state index is 0.0607. The third kappa shape index (κ3) is 4.66. The normalized spacial score (nSPS) is 22.0. The topological polar surface area (TPSA) is 173 Å². The average Bonchev–Trinajstić information content (AvgIpc) is 2.77. The molecule has 0 radical (unpaired) electrons. The highest BCUT2D eigenvalue weighted by Crippen LogP contribution is 2.24. The fourth-order valence-corrected chi connectivity index (χ4v) is 4.54. The summed E-state index contributed by atoms with van der Waals surface area (Å²) in [5.74, 6) is -3.74. The summed E-state index contributed by atoms with van der Waals surface area (Å²) < 4.78 is 31.9. The SMILES string of the molecule is CCN1CCN(C(=O)NC(C(=O)N[C@@H]2C(=O)N(S(=O)(=O)O)[C@@H]2C)c2ccccc2)C(=O)C1=O. The number of nitrogens with zero attached hydrogens (tertiary/aromatic N) is 3. The monoisotopic (exact) mass is 481 g/mol. The van der Waals surface area contributed by atoms with E-state index in [1.54, 1.807) is 25.1 Å². The molecule has 2 heterocycles. The predicted octanol–water partition coefficient (Wildman–Crippen LogP) is -1.35. The van der Waals surface area contributed by atoms with Gasteiger partial charge in [-0.25, -0.2) is 9.10 Å². The van der Waals surface area contributed by atoms with Gasteiger partial charge in [-0.05, 0) is 19.4 Å². The van der Waals surface area contributed by atoms with Gasteiger partial charge in [-0.2, -0.15) is 8.42 Å². The second kappa shape index (κ2) is 9.15. The smallest absolute Gasteiger partial charge is 0.340 e. The van der Waals surface area contributed by atoms with Gasteiger partial charge in [-0.15, -0.1) is 0 Å². The number of rotatable bonds is 6. The van der Waals surface area contributed by atoms with Gasteiger partial charge in [0.1, 0.15) is 12.1 Å². The predicted molar refractivity (Wildman–Crippen MR) is 111 cm³/mol. The van der Waals surface area contributed by atoms with Crippen LogP contribution < -0.4 is 10.6 Å².